The van der Waals surface area contributed by atoms with E-state index >= 15 is 0 Å². The molecule has 146 valence electrons. The molecule has 3 aromatic rings. The molecule has 1 heterocycles. The molecule has 3 rings (SSSR count). The van der Waals surface area contributed by atoms with Crippen molar-refractivity contribution in [1.82, 2.24) is 20.1 Å². The zero-order valence-corrected chi connectivity index (χ0v) is 17.9. The van der Waals surface area contributed by atoms with Crippen LogP contribution in [0.3, 0.4) is 0 Å². The van der Waals surface area contributed by atoms with E-state index < -0.39 is 0 Å². The molecule has 0 fully saturated rings. The molecule has 1 atom stereocenters. The van der Waals surface area contributed by atoms with Crippen LogP contribution < -0.4 is 5.32 Å². The minimum atomic E-state index is -0.125. The van der Waals surface area contributed by atoms with E-state index in [1.54, 1.807) is 0 Å². The van der Waals surface area contributed by atoms with E-state index in [4.69, 9.17) is 23.2 Å². The minimum Gasteiger partial charge on any atom is -0.349 e. The second kappa shape index (κ2) is 9.45. The molecule has 1 unspecified atom stereocenters. The van der Waals surface area contributed by atoms with Crippen molar-refractivity contribution in [1.29, 1.82) is 0 Å². The molecule has 8 heteroatoms. The number of aromatic nitrogens is 3. The van der Waals surface area contributed by atoms with Crippen LogP contribution in [0.25, 0.3) is 11.4 Å². The van der Waals surface area contributed by atoms with Gasteiger partial charge in [-0.25, -0.2) is 0 Å². The fraction of sp³-hybridized carbons (Fsp3) is 0.250. The highest BCUT2D eigenvalue weighted by molar-refractivity contribution is 7.99. The van der Waals surface area contributed by atoms with Crippen molar-refractivity contribution >= 4 is 40.9 Å². The van der Waals surface area contributed by atoms with Gasteiger partial charge >= 0.3 is 0 Å². The van der Waals surface area contributed by atoms with E-state index in [1.807, 2.05) is 66.9 Å². The van der Waals surface area contributed by atoms with E-state index in [-0.39, 0.29) is 17.7 Å². The summed E-state index contributed by atoms with van der Waals surface area (Å²) in [6, 6.07) is 14.8. The lowest BCUT2D eigenvalue weighted by Crippen LogP contribution is -2.28. The normalized spacial score (nSPS) is 12.0. The largest absolute Gasteiger partial charge is 0.349 e. The Bertz CT molecular complexity index is 959. The Hall–Kier alpha value is -2.02. The predicted octanol–water partition coefficient (Wildman–Crippen LogP) is 5.24. The van der Waals surface area contributed by atoms with Crippen molar-refractivity contribution in [3.63, 3.8) is 0 Å². The number of thioether (sulfide) groups is 1. The molecule has 0 saturated heterocycles. The van der Waals surface area contributed by atoms with E-state index in [9.17, 15) is 4.79 Å². The summed E-state index contributed by atoms with van der Waals surface area (Å²) in [5.41, 5.74) is 1.90. The van der Waals surface area contributed by atoms with Crippen molar-refractivity contribution < 1.29 is 4.79 Å². The lowest BCUT2D eigenvalue weighted by atomic mass is 10.1. The van der Waals surface area contributed by atoms with Crippen molar-refractivity contribution in [2.75, 3.05) is 5.75 Å². The molecule has 1 aromatic heterocycles. The van der Waals surface area contributed by atoms with Crippen molar-refractivity contribution in [2.45, 2.75) is 31.6 Å². The standard InChI is InChI=1S/C20H20Cl2N4OS/c1-3-26-19(14-7-9-16(21)10-8-14)24-25-20(26)28-12-18(27)23-13(2)15-5-4-6-17(22)11-15/h4-11,13H,3,12H2,1-2H3,(H,23,27). The Morgan fingerprint density at radius 3 is 2.57 bits per heavy atom. The van der Waals surface area contributed by atoms with Crippen molar-refractivity contribution in [2.24, 2.45) is 0 Å². The van der Waals surface area contributed by atoms with E-state index in [1.165, 1.54) is 11.8 Å². The maximum absolute atomic E-state index is 12.4. The number of carbonyl (C=O) groups is 1. The summed E-state index contributed by atoms with van der Waals surface area (Å²) in [4.78, 5) is 12.4. The van der Waals surface area contributed by atoms with Crippen LogP contribution in [0.2, 0.25) is 10.0 Å². The second-order valence-electron chi connectivity index (χ2n) is 6.19. The van der Waals surface area contributed by atoms with Gasteiger partial charge in [0.15, 0.2) is 11.0 Å². The number of benzene rings is 2. The summed E-state index contributed by atoms with van der Waals surface area (Å²) < 4.78 is 1.99. The zero-order chi connectivity index (χ0) is 20.1. The van der Waals surface area contributed by atoms with Crippen LogP contribution in [0.15, 0.2) is 53.7 Å². The monoisotopic (exact) mass is 434 g/mol. The fourth-order valence-corrected chi connectivity index (χ4v) is 3.90. The molecule has 0 spiro atoms. The van der Waals surface area contributed by atoms with Gasteiger partial charge in [0.05, 0.1) is 11.8 Å². The third kappa shape index (κ3) is 5.07. The third-order valence-electron chi connectivity index (χ3n) is 4.19. The summed E-state index contributed by atoms with van der Waals surface area (Å²) in [6.07, 6.45) is 0. The van der Waals surface area contributed by atoms with E-state index in [2.05, 4.69) is 15.5 Å². The molecule has 1 N–H and O–H groups in total. The first-order valence-electron chi connectivity index (χ1n) is 8.84. The Labute approximate surface area is 178 Å². The van der Waals surface area contributed by atoms with Gasteiger partial charge < -0.3 is 9.88 Å². The number of rotatable bonds is 7. The zero-order valence-electron chi connectivity index (χ0n) is 15.5. The Kier molecular flexibility index (Phi) is 6.99. The van der Waals surface area contributed by atoms with Crippen LogP contribution >= 0.6 is 35.0 Å². The van der Waals surface area contributed by atoms with Gasteiger partial charge in [0, 0.05) is 22.2 Å². The molecular weight excluding hydrogens is 415 g/mol. The van der Waals surface area contributed by atoms with E-state index in [0.29, 0.717) is 21.7 Å². The molecule has 28 heavy (non-hydrogen) atoms. The SMILES string of the molecule is CCn1c(SCC(=O)NC(C)c2cccc(Cl)c2)nnc1-c1ccc(Cl)cc1. The molecule has 0 saturated carbocycles. The summed E-state index contributed by atoms with van der Waals surface area (Å²) in [5, 5.41) is 13.6. The summed E-state index contributed by atoms with van der Waals surface area (Å²) in [5.74, 6) is 0.939. The van der Waals surface area contributed by atoms with Crippen LogP contribution in [-0.2, 0) is 11.3 Å². The van der Waals surface area contributed by atoms with Gasteiger partial charge in [-0.1, -0.05) is 47.1 Å². The number of nitrogens with zero attached hydrogens (tertiary/aromatic N) is 3. The third-order valence-corrected chi connectivity index (χ3v) is 5.65. The van der Waals surface area contributed by atoms with Gasteiger partial charge in [-0.2, -0.15) is 0 Å². The van der Waals surface area contributed by atoms with Crippen LogP contribution in [-0.4, -0.2) is 26.4 Å². The van der Waals surface area contributed by atoms with Gasteiger partial charge in [0.1, 0.15) is 0 Å². The molecule has 2 aromatic carbocycles. The molecule has 0 radical (unpaired) electrons. The van der Waals surface area contributed by atoms with E-state index in [0.717, 1.165) is 17.0 Å². The van der Waals surface area contributed by atoms with Gasteiger partial charge in [0.2, 0.25) is 5.91 Å². The number of carbonyl (C=O) groups excluding carboxylic acids is 1. The van der Waals surface area contributed by atoms with Gasteiger partial charge in [-0.3, -0.25) is 4.79 Å². The first-order chi connectivity index (χ1) is 13.5. The topological polar surface area (TPSA) is 59.8 Å². The number of hydrogen-bond acceptors (Lipinski definition) is 4. The fourth-order valence-electron chi connectivity index (χ4n) is 2.77. The smallest absolute Gasteiger partial charge is 0.230 e. The maximum Gasteiger partial charge on any atom is 0.230 e. The Morgan fingerprint density at radius 1 is 1.14 bits per heavy atom. The maximum atomic E-state index is 12.4. The summed E-state index contributed by atoms with van der Waals surface area (Å²) in [6.45, 7) is 4.66. The molecule has 0 aliphatic carbocycles. The number of halogens is 2. The highest BCUT2D eigenvalue weighted by Crippen LogP contribution is 2.25. The first kappa shape index (κ1) is 20.7. The van der Waals surface area contributed by atoms with Crippen LogP contribution in [0, 0.1) is 0 Å². The highest BCUT2D eigenvalue weighted by Gasteiger charge is 2.16. The first-order valence-corrected chi connectivity index (χ1v) is 10.6. The molecule has 5 nitrogen and oxygen atoms in total. The average molecular weight is 435 g/mol. The van der Waals surface area contributed by atoms with Gasteiger partial charge in [-0.05, 0) is 55.8 Å². The Balaban J connectivity index is 1.64. The molecule has 0 bridgehead atoms. The van der Waals surface area contributed by atoms with Crippen molar-refractivity contribution in [3.05, 3.63) is 64.1 Å². The molecule has 0 aliphatic heterocycles. The molecule has 0 aliphatic rings. The summed E-state index contributed by atoms with van der Waals surface area (Å²) in [7, 11) is 0. The lowest BCUT2D eigenvalue weighted by molar-refractivity contribution is -0.119. The second-order valence-corrected chi connectivity index (χ2v) is 8.01. The lowest BCUT2D eigenvalue weighted by Gasteiger charge is -2.14. The molecular formula is C20H20Cl2N4OS. The number of hydrogen-bond donors (Lipinski definition) is 1. The van der Waals surface area contributed by atoms with Crippen LogP contribution in [0.5, 0.6) is 0 Å². The van der Waals surface area contributed by atoms with Crippen LogP contribution in [0.4, 0.5) is 0 Å². The number of nitrogens with one attached hydrogen (secondary N) is 1. The summed E-state index contributed by atoms with van der Waals surface area (Å²) >= 11 is 13.3. The van der Waals surface area contributed by atoms with Crippen LogP contribution in [0.1, 0.15) is 25.5 Å². The van der Waals surface area contributed by atoms with Gasteiger partial charge in [0.25, 0.3) is 0 Å². The van der Waals surface area contributed by atoms with Crippen molar-refractivity contribution in [3.8, 4) is 11.4 Å². The minimum absolute atomic E-state index is 0.0730. The quantitative estimate of drug-likeness (QED) is 0.516. The highest BCUT2D eigenvalue weighted by atomic mass is 35.5. The average Bonchev–Trinajstić information content (AvgIpc) is 3.10. The molecule has 1 amide bonds. The Morgan fingerprint density at radius 2 is 1.89 bits per heavy atom. The van der Waals surface area contributed by atoms with Gasteiger partial charge in [-0.15, -0.1) is 10.2 Å². The predicted molar refractivity (Wildman–Crippen MR) is 115 cm³/mol. The number of amides is 1.